The van der Waals surface area contributed by atoms with Gasteiger partial charge >= 0.3 is 8.60 Å². The second-order valence-electron chi connectivity index (χ2n) is 4.15. The van der Waals surface area contributed by atoms with Crippen LogP contribution < -0.4 is 4.52 Å². The summed E-state index contributed by atoms with van der Waals surface area (Å²) in [6.07, 6.45) is 4.03. The van der Waals surface area contributed by atoms with Crippen molar-refractivity contribution in [1.82, 2.24) is 0 Å². The zero-order chi connectivity index (χ0) is 13.9. The van der Waals surface area contributed by atoms with E-state index in [1.165, 1.54) is 12.1 Å². The van der Waals surface area contributed by atoms with E-state index in [0.717, 1.165) is 25.7 Å². The number of unbranched alkanes of at least 4 members (excludes halogenated alkanes) is 2. The van der Waals surface area contributed by atoms with Crippen molar-refractivity contribution in [2.75, 3.05) is 13.2 Å². The second-order valence-corrected chi connectivity index (χ2v) is 5.29. The standard InChI is InChI=1S/C14H22FO3P/c1-3-5-10-16-19(17-11-6-4-2)18-14-9-7-8-13(15)12-14/h7-9,12H,3-6,10-11H2,1-2H3. The van der Waals surface area contributed by atoms with Gasteiger partial charge in [-0.15, -0.1) is 0 Å². The quantitative estimate of drug-likeness (QED) is 0.444. The van der Waals surface area contributed by atoms with Gasteiger partial charge in [-0.2, -0.15) is 0 Å². The van der Waals surface area contributed by atoms with Gasteiger partial charge in [0.2, 0.25) is 0 Å². The lowest BCUT2D eigenvalue weighted by molar-refractivity contribution is 0.201. The molecule has 0 radical (unpaired) electrons. The highest BCUT2D eigenvalue weighted by Gasteiger charge is 2.14. The average molecular weight is 288 g/mol. The molecule has 0 spiro atoms. The van der Waals surface area contributed by atoms with Crippen LogP contribution in [0.15, 0.2) is 24.3 Å². The van der Waals surface area contributed by atoms with Crippen LogP contribution in [0.2, 0.25) is 0 Å². The van der Waals surface area contributed by atoms with Crippen LogP contribution in [0.4, 0.5) is 4.39 Å². The van der Waals surface area contributed by atoms with Crippen LogP contribution in [-0.4, -0.2) is 13.2 Å². The minimum atomic E-state index is -1.44. The molecule has 0 aliphatic rings. The number of halogens is 1. The summed E-state index contributed by atoms with van der Waals surface area (Å²) < 4.78 is 29.8. The van der Waals surface area contributed by atoms with E-state index in [0.29, 0.717) is 19.0 Å². The van der Waals surface area contributed by atoms with Crippen LogP contribution in [0, 0.1) is 5.82 Å². The summed E-state index contributed by atoms with van der Waals surface area (Å²) in [5.41, 5.74) is 0. The maximum Gasteiger partial charge on any atom is 0.397 e. The Bertz CT molecular complexity index is 339. The summed E-state index contributed by atoms with van der Waals surface area (Å²) >= 11 is 0. The Morgan fingerprint density at radius 2 is 1.68 bits per heavy atom. The molecule has 0 saturated carbocycles. The van der Waals surface area contributed by atoms with E-state index in [9.17, 15) is 4.39 Å². The van der Waals surface area contributed by atoms with Gasteiger partial charge in [-0.25, -0.2) is 4.39 Å². The normalized spacial score (nSPS) is 10.9. The molecule has 0 aromatic heterocycles. The average Bonchev–Trinajstić information content (AvgIpc) is 2.39. The Labute approximate surface area is 116 Å². The van der Waals surface area contributed by atoms with Crippen LogP contribution in [0.5, 0.6) is 5.75 Å². The first kappa shape index (κ1) is 16.4. The molecule has 0 amide bonds. The number of hydrogen-bond acceptors (Lipinski definition) is 3. The summed E-state index contributed by atoms with van der Waals surface area (Å²) in [6.45, 7) is 5.39. The van der Waals surface area contributed by atoms with Gasteiger partial charge in [0.05, 0.1) is 13.2 Å². The molecule has 0 bridgehead atoms. The molecule has 1 aromatic carbocycles. The van der Waals surface area contributed by atoms with Crippen molar-refractivity contribution in [3.63, 3.8) is 0 Å². The Kier molecular flexibility index (Phi) is 8.72. The molecule has 19 heavy (non-hydrogen) atoms. The topological polar surface area (TPSA) is 27.7 Å². The van der Waals surface area contributed by atoms with E-state index in [1.54, 1.807) is 12.1 Å². The van der Waals surface area contributed by atoms with E-state index in [4.69, 9.17) is 13.6 Å². The third kappa shape index (κ3) is 7.46. The molecule has 0 saturated heterocycles. The van der Waals surface area contributed by atoms with E-state index in [-0.39, 0.29) is 5.82 Å². The predicted molar refractivity (Wildman–Crippen MR) is 75.7 cm³/mol. The molecule has 1 aromatic rings. The van der Waals surface area contributed by atoms with Crippen molar-refractivity contribution in [1.29, 1.82) is 0 Å². The van der Waals surface area contributed by atoms with Crippen molar-refractivity contribution >= 4 is 8.60 Å². The summed E-state index contributed by atoms with van der Waals surface area (Å²) in [6, 6.07) is 6.02. The molecular weight excluding hydrogens is 266 g/mol. The third-order valence-electron chi connectivity index (χ3n) is 2.37. The van der Waals surface area contributed by atoms with E-state index < -0.39 is 8.60 Å². The molecule has 0 atom stereocenters. The summed E-state index contributed by atoms with van der Waals surface area (Å²) in [5, 5.41) is 0. The fraction of sp³-hybridized carbons (Fsp3) is 0.571. The molecule has 0 heterocycles. The molecule has 0 aliphatic carbocycles. The third-order valence-corrected chi connectivity index (χ3v) is 3.51. The van der Waals surface area contributed by atoms with Gasteiger partial charge in [0.1, 0.15) is 11.6 Å². The van der Waals surface area contributed by atoms with E-state index in [1.807, 2.05) is 0 Å². The first-order chi connectivity index (χ1) is 9.26. The summed E-state index contributed by atoms with van der Waals surface area (Å²) in [4.78, 5) is 0. The summed E-state index contributed by atoms with van der Waals surface area (Å²) in [7, 11) is -1.44. The molecule has 0 aliphatic heterocycles. The first-order valence-electron chi connectivity index (χ1n) is 6.75. The van der Waals surface area contributed by atoms with Crippen molar-refractivity contribution in [3.8, 4) is 5.75 Å². The Morgan fingerprint density at radius 1 is 1.05 bits per heavy atom. The van der Waals surface area contributed by atoms with Crippen LogP contribution in [0.25, 0.3) is 0 Å². The molecule has 0 N–H and O–H groups in total. The molecule has 1 rings (SSSR count). The van der Waals surface area contributed by atoms with Crippen LogP contribution >= 0.6 is 8.60 Å². The van der Waals surface area contributed by atoms with Crippen LogP contribution in [0.1, 0.15) is 39.5 Å². The van der Waals surface area contributed by atoms with Crippen molar-refractivity contribution < 1.29 is 18.0 Å². The molecule has 108 valence electrons. The fourth-order valence-corrected chi connectivity index (χ4v) is 2.29. The lowest BCUT2D eigenvalue weighted by Gasteiger charge is -2.17. The van der Waals surface area contributed by atoms with Crippen molar-refractivity contribution in [3.05, 3.63) is 30.1 Å². The van der Waals surface area contributed by atoms with E-state index >= 15 is 0 Å². The number of hydrogen-bond donors (Lipinski definition) is 0. The molecule has 0 fully saturated rings. The Hall–Kier alpha value is -0.700. The van der Waals surface area contributed by atoms with Gasteiger partial charge in [0.25, 0.3) is 0 Å². The minimum absolute atomic E-state index is 0.324. The zero-order valence-corrected chi connectivity index (χ0v) is 12.5. The number of rotatable bonds is 10. The lowest BCUT2D eigenvalue weighted by atomic mass is 10.3. The zero-order valence-electron chi connectivity index (χ0n) is 11.6. The van der Waals surface area contributed by atoms with Crippen molar-refractivity contribution in [2.24, 2.45) is 0 Å². The fourth-order valence-electron chi connectivity index (χ4n) is 1.27. The Balaban J connectivity index is 2.46. The second kappa shape index (κ2) is 10.1. The van der Waals surface area contributed by atoms with Gasteiger partial charge in [-0.05, 0) is 25.0 Å². The lowest BCUT2D eigenvalue weighted by Crippen LogP contribution is -2.00. The SMILES string of the molecule is CCCCOP(OCCCC)Oc1cccc(F)c1. The Morgan fingerprint density at radius 3 is 2.21 bits per heavy atom. The van der Waals surface area contributed by atoms with Crippen molar-refractivity contribution in [2.45, 2.75) is 39.5 Å². The maximum absolute atomic E-state index is 13.1. The number of benzene rings is 1. The smallest absolute Gasteiger partial charge is 0.397 e. The van der Waals surface area contributed by atoms with Crippen LogP contribution in [-0.2, 0) is 9.05 Å². The predicted octanol–water partition coefficient (Wildman–Crippen LogP) is 5.06. The van der Waals surface area contributed by atoms with Gasteiger partial charge in [0, 0.05) is 6.07 Å². The van der Waals surface area contributed by atoms with Gasteiger partial charge in [-0.3, -0.25) is 0 Å². The highest BCUT2D eigenvalue weighted by Crippen LogP contribution is 2.41. The van der Waals surface area contributed by atoms with Gasteiger partial charge in [0.15, 0.2) is 0 Å². The molecule has 0 unspecified atom stereocenters. The largest absolute Gasteiger partial charge is 0.427 e. The first-order valence-corrected chi connectivity index (χ1v) is 7.85. The monoisotopic (exact) mass is 288 g/mol. The summed E-state index contributed by atoms with van der Waals surface area (Å²) in [5.74, 6) is 0.119. The van der Waals surface area contributed by atoms with Gasteiger partial charge < -0.3 is 13.6 Å². The maximum atomic E-state index is 13.1. The molecule has 5 heteroatoms. The molecular formula is C14H22FO3P. The highest BCUT2D eigenvalue weighted by atomic mass is 31.2. The van der Waals surface area contributed by atoms with E-state index in [2.05, 4.69) is 13.8 Å². The van der Waals surface area contributed by atoms with Gasteiger partial charge in [-0.1, -0.05) is 32.8 Å². The van der Waals surface area contributed by atoms with Crippen LogP contribution in [0.3, 0.4) is 0 Å². The molecule has 3 nitrogen and oxygen atoms in total. The minimum Gasteiger partial charge on any atom is -0.427 e. The highest BCUT2D eigenvalue weighted by molar-refractivity contribution is 7.42.